The highest BCUT2D eigenvalue weighted by Gasteiger charge is 2.22. The lowest BCUT2D eigenvalue weighted by Crippen LogP contribution is -2.48. The van der Waals surface area contributed by atoms with E-state index in [1.54, 1.807) is 0 Å². The zero-order valence-electron chi connectivity index (χ0n) is 12.6. The summed E-state index contributed by atoms with van der Waals surface area (Å²) < 4.78 is 0. The molecule has 110 valence electrons. The van der Waals surface area contributed by atoms with E-state index >= 15 is 0 Å². The Kier molecular flexibility index (Phi) is 4.51. The normalized spacial score (nSPS) is 22.1. The number of aryl methyl sites for hydroxylation is 1. The molecule has 0 aromatic carbocycles. The van der Waals surface area contributed by atoms with Crippen molar-refractivity contribution in [3.05, 3.63) is 17.8 Å². The van der Waals surface area contributed by atoms with Gasteiger partial charge in [0.15, 0.2) is 5.82 Å². The first kappa shape index (κ1) is 13.8. The first-order valence-corrected chi connectivity index (χ1v) is 8.09. The van der Waals surface area contributed by atoms with Crippen molar-refractivity contribution in [3.63, 3.8) is 0 Å². The van der Waals surface area contributed by atoms with Gasteiger partial charge in [-0.25, -0.2) is 0 Å². The maximum atomic E-state index is 4.30. The Morgan fingerprint density at radius 3 is 2.40 bits per heavy atom. The van der Waals surface area contributed by atoms with Crippen LogP contribution < -0.4 is 4.90 Å². The molecule has 0 radical (unpaired) electrons. The Morgan fingerprint density at radius 2 is 1.75 bits per heavy atom. The quantitative estimate of drug-likeness (QED) is 0.847. The zero-order chi connectivity index (χ0) is 13.8. The number of aromatic nitrogens is 2. The first-order valence-electron chi connectivity index (χ1n) is 8.09. The largest absolute Gasteiger partial charge is 0.353 e. The molecule has 0 N–H and O–H groups in total. The molecule has 0 bridgehead atoms. The van der Waals surface area contributed by atoms with Gasteiger partial charge in [-0.1, -0.05) is 19.3 Å². The van der Waals surface area contributed by atoms with Crippen LogP contribution in [0.25, 0.3) is 0 Å². The Balaban J connectivity index is 1.47. The fourth-order valence-electron chi connectivity index (χ4n) is 3.45. The van der Waals surface area contributed by atoms with Gasteiger partial charge in [0.25, 0.3) is 0 Å². The summed E-state index contributed by atoms with van der Waals surface area (Å²) in [5.74, 6) is 1.99. The lowest BCUT2D eigenvalue weighted by molar-refractivity contribution is 0.191. The molecule has 4 nitrogen and oxygen atoms in total. The minimum Gasteiger partial charge on any atom is -0.353 e. The summed E-state index contributed by atoms with van der Waals surface area (Å²) in [5, 5.41) is 8.46. The monoisotopic (exact) mass is 274 g/mol. The topological polar surface area (TPSA) is 32.3 Å². The van der Waals surface area contributed by atoms with Crippen LogP contribution in [0.2, 0.25) is 0 Å². The fraction of sp³-hybridized carbons (Fsp3) is 0.750. The lowest BCUT2D eigenvalue weighted by Gasteiger charge is -2.37. The molecule has 1 saturated heterocycles. The number of hydrogen-bond acceptors (Lipinski definition) is 4. The van der Waals surface area contributed by atoms with Crippen molar-refractivity contribution in [2.45, 2.75) is 39.0 Å². The van der Waals surface area contributed by atoms with E-state index in [1.807, 2.05) is 6.92 Å². The summed E-state index contributed by atoms with van der Waals surface area (Å²) in [5.41, 5.74) is 0.990. The van der Waals surface area contributed by atoms with E-state index < -0.39 is 0 Å². The number of nitrogens with zero attached hydrogens (tertiary/aromatic N) is 4. The second-order valence-electron chi connectivity index (χ2n) is 6.32. The molecule has 3 rings (SSSR count). The molecule has 0 unspecified atom stereocenters. The Hall–Kier alpha value is -1.16. The van der Waals surface area contributed by atoms with Gasteiger partial charge in [0.05, 0.1) is 5.69 Å². The Labute approximate surface area is 122 Å². The average Bonchev–Trinajstić information content (AvgIpc) is 2.50. The first-order chi connectivity index (χ1) is 9.81. The number of rotatable bonds is 3. The standard InChI is InChI=1S/C16H26N4/c1-14-7-8-16(18-17-14)20-11-9-19(10-12-20)13-15-5-3-2-4-6-15/h7-8,15H,2-6,9-13H2,1H3. The summed E-state index contributed by atoms with van der Waals surface area (Å²) in [6.45, 7) is 7.82. The van der Waals surface area contributed by atoms with Crippen molar-refractivity contribution in [2.24, 2.45) is 5.92 Å². The smallest absolute Gasteiger partial charge is 0.151 e. The van der Waals surface area contributed by atoms with E-state index in [4.69, 9.17) is 0 Å². The molecule has 1 aliphatic carbocycles. The molecular formula is C16H26N4. The summed E-state index contributed by atoms with van der Waals surface area (Å²) in [4.78, 5) is 5.01. The molecule has 1 saturated carbocycles. The van der Waals surface area contributed by atoms with E-state index in [0.29, 0.717) is 0 Å². The lowest BCUT2D eigenvalue weighted by atomic mass is 9.89. The van der Waals surface area contributed by atoms with Gasteiger partial charge in [-0.15, -0.1) is 5.10 Å². The van der Waals surface area contributed by atoms with Crippen LogP contribution in [0.15, 0.2) is 12.1 Å². The third-order valence-corrected chi connectivity index (χ3v) is 4.72. The highest BCUT2D eigenvalue weighted by atomic mass is 15.3. The number of hydrogen-bond donors (Lipinski definition) is 0. The summed E-state index contributed by atoms with van der Waals surface area (Å²) in [6, 6.07) is 4.15. The van der Waals surface area contributed by atoms with Gasteiger partial charge >= 0.3 is 0 Å². The van der Waals surface area contributed by atoms with Gasteiger partial charge in [0, 0.05) is 32.7 Å². The summed E-state index contributed by atoms with van der Waals surface area (Å²) in [6.07, 6.45) is 7.25. The van der Waals surface area contributed by atoms with Crippen molar-refractivity contribution in [1.82, 2.24) is 15.1 Å². The van der Waals surface area contributed by atoms with E-state index in [2.05, 4.69) is 32.1 Å². The van der Waals surface area contributed by atoms with Crippen molar-refractivity contribution < 1.29 is 0 Å². The molecule has 2 aliphatic rings. The predicted molar refractivity (Wildman–Crippen MR) is 82.0 cm³/mol. The summed E-state index contributed by atoms with van der Waals surface area (Å²) >= 11 is 0. The van der Waals surface area contributed by atoms with E-state index in [0.717, 1.165) is 30.5 Å². The van der Waals surface area contributed by atoms with Crippen LogP contribution >= 0.6 is 0 Å². The third-order valence-electron chi connectivity index (χ3n) is 4.72. The molecule has 1 aliphatic heterocycles. The molecule has 2 heterocycles. The molecule has 1 aromatic rings. The van der Waals surface area contributed by atoms with Crippen LogP contribution in [0.1, 0.15) is 37.8 Å². The highest BCUT2D eigenvalue weighted by molar-refractivity contribution is 5.37. The fourth-order valence-corrected chi connectivity index (χ4v) is 3.45. The molecular weight excluding hydrogens is 248 g/mol. The second-order valence-corrected chi connectivity index (χ2v) is 6.32. The van der Waals surface area contributed by atoms with Crippen LogP contribution in [0.3, 0.4) is 0 Å². The predicted octanol–water partition coefficient (Wildman–Crippen LogP) is 2.49. The molecule has 0 amide bonds. The summed E-state index contributed by atoms with van der Waals surface area (Å²) in [7, 11) is 0. The van der Waals surface area contributed by atoms with Gasteiger partial charge in [0.2, 0.25) is 0 Å². The average molecular weight is 274 g/mol. The van der Waals surface area contributed by atoms with E-state index in [-0.39, 0.29) is 0 Å². The van der Waals surface area contributed by atoms with Crippen molar-refractivity contribution in [3.8, 4) is 0 Å². The SMILES string of the molecule is Cc1ccc(N2CCN(CC3CCCCC3)CC2)nn1. The molecule has 1 aromatic heterocycles. The molecule has 0 spiro atoms. The van der Waals surface area contributed by atoms with Gasteiger partial charge in [0.1, 0.15) is 0 Å². The van der Waals surface area contributed by atoms with E-state index in [9.17, 15) is 0 Å². The minimum absolute atomic E-state index is 0.953. The van der Waals surface area contributed by atoms with E-state index in [1.165, 1.54) is 51.7 Å². The molecule has 20 heavy (non-hydrogen) atoms. The molecule has 2 fully saturated rings. The van der Waals surface area contributed by atoms with Crippen molar-refractivity contribution >= 4 is 5.82 Å². The van der Waals surface area contributed by atoms with Crippen molar-refractivity contribution in [2.75, 3.05) is 37.6 Å². The van der Waals surface area contributed by atoms with Gasteiger partial charge in [-0.2, -0.15) is 5.10 Å². The van der Waals surface area contributed by atoms with Crippen LogP contribution in [0, 0.1) is 12.8 Å². The Morgan fingerprint density at radius 1 is 1.00 bits per heavy atom. The zero-order valence-corrected chi connectivity index (χ0v) is 12.6. The highest BCUT2D eigenvalue weighted by Crippen LogP contribution is 2.25. The maximum absolute atomic E-state index is 4.30. The Bertz CT molecular complexity index is 403. The van der Waals surface area contributed by atoms with Gasteiger partial charge < -0.3 is 4.90 Å². The van der Waals surface area contributed by atoms with Crippen LogP contribution in [-0.4, -0.2) is 47.8 Å². The van der Waals surface area contributed by atoms with Crippen LogP contribution in [0.5, 0.6) is 0 Å². The second kappa shape index (κ2) is 6.53. The number of anilines is 1. The minimum atomic E-state index is 0.953. The van der Waals surface area contributed by atoms with Crippen molar-refractivity contribution in [1.29, 1.82) is 0 Å². The van der Waals surface area contributed by atoms with Crippen LogP contribution in [-0.2, 0) is 0 Å². The van der Waals surface area contributed by atoms with Gasteiger partial charge in [-0.3, -0.25) is 4.90 Å². The maximum Gasteiger partial charge on any atom is 0.151 e. The number of piperazine rings is 1. The third kappa shape index (κ3) is 3.48. The van der Waals surface area contributed by atoms with Gasteiger partial charge in [-0.05, 0) is 37.8 Å². The molecule has 4 heteroatoms. The van der Waals surface area contributed by atoms with Crippen LogP contribution in [0.4, 0.5) is 5.82 Å². The molecule has 0 atom stereocenters.